The number of aromatic nitrogens is 2. The molecule has 0 spiro atoms. The third kappa shape index (κ3) is 4.92. The largest absolute Gasteiger partial charge is 0.522 e. The van der Waals surface area contributed by atoms with Crippen LogP contribution in [0, 0.1) is 0 Å². The smallest absolute Gasteiger partial charge is 0.299 e. The Bertz CT molecular complexity index is 419. The lowest BCUT2D eigenvalue weighted by Gasteiger charge is -2.31. The third-order valence-corrected chi connectivity index (χ3v) is 3.68. The molecule has 1 aromatic rings. The molecule has 1 aliphatic rings. The fourth-order valence-electron chi connectivity index (χ4n) is 2.16. The van der Waals surface area contributed by atoms with Gasteiger partial charge in [-0.25, -0.2) is 9.97 Å². The molecule has 8 heteroatoms. The molecule has 0 saturated carbocycles. The monoisotopic (exact) mass is 307 g/mol. The van der Waals surface area contributed by atoms with Crippen molar-refractivity contribution < 1.29 is 17.9 Å². The maximum Gasteiger partial charge on any atom is 0.522 e. The van der Waals surface area contributed by atoms with Crippen LogP contribution in [0.5, 0.6) is 0 Å². The first-order valence-electron chi connectivity index (χ1n) is 6.28. The topological polar surface area (TPSA) is 38.2 Å². The fourth-order valence-corrected chi connectivity index (χ4v) is 2.48. The molecule has 0 atom stereocenters. The predicted molar refractivity (Wildman–Crippen MR) is 69.3 cm³/mol. The van der Waals surface area contributed by atoms with Crippen LogP contribution in [-0.4, -0.2) is 46.7 Å². The van der Waals surface area contributed by atoms with Crippen molar-refractivity contribution in [2.75, 3.05) is 19.3 Å². The van der Waals surface area contributed by atoms with Gasteiger partial charge in [0.1, 0.15) is 0 Å². The Morgan fingerprint density at radius 3 is 2.40 bits per heavy atom. The maximum absolute atomic E-state index is 12.1. The molecule has 0 aromatic carbocycles. The quantitative estimate of drug-likeness (QED) is 0.631. The highest BCUT2D eigenvalue weighted by Crippen LogP contribution is 2.24. The van der Waals surface area contributed by atoms with E-state index < -0.39 is 12.5 Å². The predicted octanol–water partition coefficient (Wildman–Crippen LogP) is 2.70. The van der Waals surface area contributed by atoms with E-state index in [1.54, 1.807) is 12.4 Å². The Morgan fingerprint density at radius 2 is 1.90 bits per heavy atom. The third-order valence-electron chi connectivity index (χ3n) is 3.11. The highest BCUT2D eigenvalue weighted by atomic mass is 32.2. The summed E-state index contributed by atoms with van der Waals surface area (Å²) in [5, 5.41) is 0.714. The molecule has 112 valence electrons. The van der Waals surface area contributed by atoms with Gasteiger partial charge in [0.05, 0.1) is 6.10 Å². The number of thioether (sulfide) groups is 1. The number of likely N-dealkylation sites (tertiary alicyclic amines) is 1. The van der Waals surface area contributed by atoms with Crippen molar-refractivity contribution in [1.29, 1.82) is 0 Å². The zero-order chi connectivity index (χ0) is 14.6. The summed E-state index contributed by atoms with van der Waals surface area (Å²) < 4.78 is 40.4. The van der Waals surface area contributed by atoms with Crippen LogP contribution in [0.4, 0.5) is 13.2 Å². The molecule has 0 bridgehead atoms. The van der Waals surface area contributed by atoms with Gasteiger partial charge in [-0.3, -0.25) is 9.64 Å². The number of nitrogens with zero attached hydrogens (tertiary/aromatic N) is 3. The van der Waals surface area contributed by atoms with Crippen molar-refractivity contribution in [3.05, 3.63) is 18.0 Å². The summed E-state index contributed by atoms with van der Waals surface area (Å²) in [4.78, 5) is 10.4. The summed E-state index contributed by atoms with van der Waals surface area (Å²) in [5.41, 5.74) is 0.970. The van der Waals surface area contributed by atoms with Gasteiger partial charge in [-0.1, -0.05) is 11.8 Å². The standard InChI is InChI=1S/C12H16F3N3OS/c1-20-11-16-6-9(7-17-11)8-18-4-2-10(3-5-18)19-12(13,14)15/h6-7,10H,2-5,8H2,1H3. The number of alkyl halides is 3. The maximum atomic E-state index is 12.1. The summed E-state index contributed by atoms with van der Waals surface area (Å²) >= 11 is 1.47. The van der Waals surface area contributed by atoms with E-state index in [2.05, 4.69) is 19.6 Å². The Morgan fingerprint density at radius 1 is 1.30 bits per heavy atom. The van der Waals surface area contributed by atoms with Crippen molar-refractivity contribution in [1.82, 2.24) is 14.9 Å². The average molecular weight is 307 g/mol. The van der Waals surface area contributed by atoms with Crippen molar-refractivity contribution in [2.24, 2.45) is 0 Å². The lowest BCUT2D eigenvalue weighted by atomic mass is 10.1. The van der Waals surface area contributed by atoms with Crippen LogP contribution in [-0.2, 0) is 11.3 Å². The zero-order valence-corrected chi connectivity index (χ0v) is 11.9. The van der Waals surface area contributed by atoms with Crippen LogP contribution >= 0.6 is 11.8 Å². The summed E-state index contributed by atoms with van der Waals surface area (Å²) in [6.45, 7) is 1.84. The highest BCUT2D eigenvalue weighted by Gasteiger charge is 2.34. The molecule has 0 radical (unpaired) electrons. The number of ether oxygens (including phenoxy) is 1. The first-order chi connectivity index (χ1) is 9.46. The molecule has 20 heavy (non-hydrogen) atoms. The van der Waals surface area contributed by atoms with Crippen LogP contribution in [0.2, 0.25) is 0 Å². The van der Waals surface area contributed by atoms with E-state index in [-0.39, 0.29) is 0 Å². The summed E-state index contributed by atoms with van der Waals surface area (Å²) in [5.74, 6) is 0. The Labute approximate surface area is 119 Å². The van der Waals surface area contributed by atoms with E-state index in [0.717, 1.165) is 5.56 Å². The average Bonchev–Trinajstić information content (AvgIpc) is 2.40. The van der Waals surface area contributed by atoms with Gasteiger partial charge in [0.2, 0.25) is 0 Å². The number of hydrogen-bond donors (Lipinski definition) is 0. The van der Waals surface area contributed by atoms with Gasteiger partial charge >= 0.3 is 6.36 Å². The van der Waals surface area contributed by atoms with Crippen LogP contribution < -0.4 is 0 Å². The minimum atomic E-state index is -4.53. The van der Waals surface area contributed by atoms with Crippen molar-refractivity contribution in [3.63, 3.8) is 0 Å². The van der Waals surface area contributed by atoms with Gasteiger partial charge in [-0.2, -0.15) is 0 Å². The SMILES string of the molecule is CSc1ncc(CN2CCC(OC(F)(F)F)CC2)cn1. The molecule has 2 rings (SSSR count). The molecular weight excluding hydrogens is 291 g/mol. The molecule has 2 heterocycles. The van der Waals surface area contributed by atoms with E-state index >= 15 is 0 Å². The Hall–Kier alpha value is -0.860. The van der Waals surface area contributed by atoms with E-state index in [1.807, 2.05) is 6.26 Å². The van der Waals surface area contributed by atoms with Crippen molar-refractivity contribution in [3.8, 4) is 0 Å². The van der Waals surface area contributed by atoms with Crippen molar-refractivity contribution >= 4 is 11.8 Å². The van der Waals surface area contributed by atoms with E-state index in [9.17, 15) is 13.2 Å². The lowest BCUT2D eigenvalue weighted by Crippen LogP contribution is -2.38. The number of piperidine rings is 1. The first-order valence-corrected chi connectivity index (χ1v) is 7.50. The summed E-state index contributed by atoms with van der Waals surface area (Å²) in [7, 11) is 0. The van der Waals surface area contributed by atoms with Crippen LogP contribution in [0.25, 0.3) is 0 Å². The fraction of sp³-hybridized carbons (Fsp3) is 0.667. The summed E-state index contributed by atoms with van der Waals surface area (Å²) in [6, 6.07) is 0. The molecule has 0 N–H and O–H groups in total. The molecule has 1 fully saturated rings. The molecular formula is C12H16F3N3OS. The second kappa shape index (κ2) is 6.73. The number of rotatable bonds is 4. The lowest BCUT2D eigenvalue weighted by molar-refractivity contribution is -0.345. The van der Waals surface area contributed by atoms with Gasteiger partial charge in [0, 0.05) is 37.6 Å². The number of halogens is 3. The normalized spacial score (nSPS) is 18.4. The second-order valence-electron chi connectivity index (χ2n) is 4.62. The minimum absolute atomic E-state index is 0.392. The number of hydrogen-bond acceptors (Lipinski definition) is 5. The molecule has 0 aliphatic carbocycles. The van der Waals surface area contributed by atoms with Crippen LogP contribution in [0.3, 0.4) is 0 Å². The molecule has 1 saturated heterocycles. The zero-order valence-electron chi connectivity index (χ0n) is 11.1. The molecule has 1 aliphatic heterocycles. The van der Waals surface area contributed by atoms with Crippen LogP contribution in [0.15, 0.2) is 17.6 Å². The van der Waals surface area contributed by atoms with Gasteiger partial charge < -0.3 is 0 Å². The Balaban J connectivity index is 1.79. The highest BCUT2D eigenvalue weighted by molar-refractivity contribution is 7.98. The summed E-state index contributed by atoms with van der Waals surface area (Å²) in [6.07, 6.45) is 0.955. The van der Waals surface area contributed by atoms with Gasteiger partial charge in [0.15, 0.2) is 5.16 Å². The van der Waals surface area contributed by atoms with Gasteiger partial charge in [-0.15, -0.1) is 13.2 Å². The first kappa shape index (κ1) is 15.5. The second-order valence-corrected chi connectivity index (χ2v) is 5.39. The van der Waals surface area contributed by atoms with E-state index in [0.29, 0.717) is 37.6 Å². The van der Waals surface area contributed by atoms with E-state index in [4.69, 9.17) is 0 Å². The van der Waals surface area contributed by atoms with Crippen LogP contribution in [0.1, 0.15) is 18.4 Å². The van der Waals surface area contributed by atoms with E-state index in [1.165, 1.54) is 11.8 Å². The molecule has 4 nitrogen and oxygen atoms in total. The van der Waals surface area contributed by atoms with Gasteiger partial charge in [-0.05, 0) is 19.1 Å². The Kier molecular flexibility index (Phi) is 5.22. The minimum Gasteiger partial charge on any atom is -0.299 e. The van der Waals surface area contributed by atoms with Crippen molar-refractivity contribution in [2.45, 2.75) is 37.0 Å². The molecule has 0 amide bonds. The van der Waals surface area contributed by atoms with Gasteiger partial charge in [0.25, 0.3) is 0 Å². The molecule has 1 aromatic heterocycles. The molecule has 0 unspecified atom stereocenters.